The van der Waals surface area contributed by atoms with E-state index in [2.05, 4.69) is 11.8 Å². The van der Waals surface area contributed by atoms with Crippen molar-refractivity contribution < 1.29 is 9.90 Å². The van der Waals surface area contributed by atoms with Gasteiger partial charge >= 0.3 is 5.97 Å². The van der Waals surface area contributed by atoms with E-state index in [1.54, 1.807) is 12.2 Å². The molecule has 0 saturated heterocycles. The Bertz CT molecular complexity index is 193. The average molecular weight is 152 g/mol. The summed E-state index contributed by atoms with van der Waals surface area (Å²) in [5.41, 5.74) is 0. The Kier molecular flexibility index (Phi) is 6.11. The molecule has 0 aliphatic rings. The van der Waals surface area contributed by atoms with Crippen LogP contribution in [0.4, 0.5) is 0 Å². The molecular weight excluding hydrogens is 140 g/mol. The van der Waals surface area contributed by atoms with Crippen LogP contribution >= 0.6 is 0 Å². The molecule has 0 heterocycles. The zero-order valence-corrected chi connectivity index (χ0v) is 6.63. The molecular formula is C9H12O2. The summed E-state index contributed by atoms with van der Waals surface area (Å²) >= 11 is 0. The standard InChI is InChI=1S/C9H12O2/c1-2-3-4-5-6-7-8-9(10)11/h5-6H,2,7-8H2,1H3,(H,10,11)/b6-5+. The van der Waals surface area contributed by atoms with E-state index in [1.165, 1.54) is 0 Å². The van der Waals surface area contributed by atoms with Crippen LogP contribution < -0.4 is 0 Å². The van der Waals surface area contributed by atoms with Gasteiger partial charge in [-0.05, 0) is 12.5 Å². The Hall–Kier alpha value is -1.23. The Morgan fingerprint density at radius 1 is 1.64 bits per heavy atom. The number of aliphatic carboxylic acids is 1. The molecule has 0 aliphatic heterocycles. The summed E-state index contributed by atoms with van der Waals surface area (Å²) in [6.07, 6.45) is 5.06. The second-order valence-electron chi connectivity index (χ2n) is 2.01. The monoisotopic (exact) mass is 152 g/mol. The van der Waals surface area contributed by atoms with Gasteiger partial charge in [0.15, 0.2) is 0 Å². The number of carbonyl (C=O) groups is 1. The quantitative estimate of drug-likeness (QED) is 0.626. The molecule has 0 rings (SSSR count). The SMILES string of the molecule is CCC#C/C=C/CCC(=O)O. The van der Waals surface area contributed by atoms with E-state index in [4.69, 9.17) is 5.11 Å². The fourth-order valence-corrected chi connectivity index (χ4v) is 0.510. The van der Waals surface area contributed by atoms with Crippen LogP contribution in [-0.4, -0.2) is 11.1 Å². The van der Waals surface area contributed by atoms with Gasteiger partial charge in [0.05, 0.1) is 0 Å². The van der Waals surface area contributed by atoms with Gasteiger partial charge in [-0.3, -0.25) is 4.79 Å². The van der Waals surface area contributed by atoms with Gasteiger partial charge < -0.3 is 5.11 Å². The van der Waals surface area contributed by atoms with Crippen LogP contribution in [0.5, 0.6) is 0 Å². The van der Waals surface area contributed by atoms with E-state index >= 15 is 0 Å². The molecule has 0 saturated carbocycles. The Balaban J connectivity index is 3.37. The largest absolute Gasteiger partial charge is 0.481 e. The van der Waals surface area contributed by atoms with Crippen molar-refractivity contribution in [2.24, 2.45) is 0 Å². The molecule has 0 aromatic rings. The topological polar surface area (TPSA) is 37.3 Å². The summed E-state index contributed by atoms with van der Waals surface area (Å²) in [5.74, 6) is 4.87. The summed E-state index contributed by atoms with van der Waals surface area (Å²) in [7, 11) is 0. The van der Waals surface area contributed by atoms with Crippen molar-refractivity contribution in [1.29, 1.82) is 0 Å². The highest BCUT2D eigenvalue weighted by molar-refractivity contribution is 5.66. The van der Waals surface area contributed by atoms with Crippen LogP contribution in [0.25, 0.3) is 0 Å². The molecule has 0 spiro atoms. The third-order valence-electron chi connectivity index (χ3n) is 1.00. The van der Waals surface area contributed by atoms with Gasteiger partial charge in [-0.15, -0.1) is 0 Å². The maximum atomic E-state index is 10.0. The van der Waals surface area contributed by atoms with Crippen molar-refractivity contribution in [3.8, 4) is 11.8 Å². The molecule has 2 heteroatoms. The molecule has 0 atom stereocenters. The first-order valence-electron chi connectivity index (χ1n) is 3.62. The van der Waals surface area contributed by atoms with Crippen molar-refractivity contribution >= 4 is 5.97 Å². The van der Waals surface area contributed by atoms with Crippen molar-refractivity contribution in [2.45, 2.75) is 26.2 Å². The second-order valence-corrected chi connectivity index (χ2v) is 2.01. The van der Waals surface area contributed by atoms with Crippen LogP contribution in [-0.2, 0) is 4.79 Å². The van der Waals surface area contributed by atoms with E-state index in [0.29, 0.717) is 6.42 Å². The van der Waals surface area contributed by atoms with Crippen molar-refractivity contribution in [3.05, 3.63) is 12.2 Å². The molecule has 0 aliphatic carbocycles. The molecule has 0 aromatic carbocycles. The predicted octanol–water partition coefficient (Wildman–Crippen LogP) is 1.82. The molecule has 0 aromatic heterocycles. The first kappa shape index (κ1) is 9.77. The number of carboxylic acid groups (broad SMARTS) is 1. The maximum absolute atomic E-state index is 10.0. The Morgan fingerprint density at radius 3 is 2.91 bits per heavy atom. The van der Waals surface area contributed by atoms with Gasteiger partial charge in [0.2, 0.25) is 0 Å². The molecule has 0 radical (unpaired) electrons. The summed E-state index contributed by atoms with van der Waals surface area (Å²) in [6.45, 7) is 1.97. The van der Waals surface area contributed by atoms with Crippen LogP contribution in [0.1, 0.15) is 26.2 Å². The lowest BCUT2D eigenvalue weighted by Gasteiger charge is -1.83. The van der Waals surface area contributed by atoms with Gasteiger partial charge in [-0.2, -0.15) is 0 Å². The van der Waals surface area contributed by atoms with E-state index in [0.717, 1.165) is 6.42 Å². The lowest BCUT2D eigenvalue weighted by atomic mass is 10.3. The summed E-state index contributed by atoms with van der Waals surface area (Å²) in [4.78, 5) is 10.0. The van der Waals surface area contributed by atoms with E-state index in [1.807, 2.05) is 6.92 Å². The van der Waals surface area contributed by atoms with E-state index in [9.17, 15) is 4.79 Å². The minimum atomic E-state index is -0.766. The fraction of sp³-hybridized carbons (Fsp3) is 0.444. The maximum Gasteiger partial charge on any atom is 0.303 e. The highest BCUT2D eigenvalue weighted by Crippen LogP contribution is 1.89. The molecule has 60 valence electrons. The molecule has 0 unspecified atom stereocenters. The molecule has 11 heavy (non-hydrogen) atoms. The highest BCUT2D eigenvalue weighted by Gasteiger charge is 1.90. The summed E-state index contributed by atoms with van der Waals surface area (Å²) in [6, 6.07) is 0. The van der Waals surface area contributed by atoms with Crippen molar-refractivity contribution in [1.82, 2.24) is 0 Å². The number of rotatable bonds is 3. The third-order valence-corrected chi connectivity index (χ3v) is 1.00. The van der Waals surface area contributed by atoms with Crippen LogP contribution in [0.3, 0.4) is 0 Å². The average Bonchev–Trinajstić information content (AvgIpc) is 1.96. The number of allylic oxidation sites excluding steroid dienone is 2. The lowest BCUT2D eigenvalue weighted by Crippen LogP contribution is -1.91. The van der Waals surface area contributed by atoms with E-state index in [-0.39, 0.29) is 6.42 Å². The zero-order valence-electron chi connectivity index (χ0n) is 6.63. The third kappa shape index (κ3) is 8.77. The molecule has 0 fully saturated rings. The Labute approximate surface area is 66.9 Å². The Morgan fingerprint density at radius 2 is 2.36 bits per heavy atom. The van der Waals surface area contributed by atoms with Crippen molar-refractivity contribution in [2.75, 3.05) is 0 Å². The summed E-state index contributed by atoms with van der Waals surface area (Å²) < 4.78 is 0. The van der Waals surface area contributed by atoms with Gasteiger partial charge in [0.1, 0.15) is 0 Å². The molecule has 1 N–H and O–H groups in total. The van der Waals surface area contributed by atoms with Crippen LogP contribution in [0.2, 0.25) is 0 Å². The number of hydrogen-bond donors (Lipinski definition) is 1. The molecule has 0 amide bonds. The predicted molar refractivity (Wildman–Crippen MR) is 44.1 cm³/mol. The van der Waals surface area contributed by atoms with Crippen molar-refractivity contribution in [3.63, 3.8) is 0 Å². The minimum absolute atomic E-state index is 0.185. The first-order valence-corrected chi connectivity index (χ1v) is 3.62. The summed E-state index contributed by atoms with van der Waals surface area (Å²) in [5, 5.41) is 8.25. The van der Waals surface area contributed by atoms with Gasteiger partial charge in [-0.25, -0.2) is 0 Å². The lowest BCUT2D eigenvalue weighted by molar-refractivity contribution is -0.136. The highest BCUT2D eigenvalue weighted by atomic mass is 16.4. The molecule has 2 nitrogen and oxygen atoms in total. The smallest absolute Gasteiger partial charge is 0.303 e. The number of hydrogen-bond acceptors (Lipinski definition) is 1. The fourth-order valence-electron chi connectivity index (χ4n) is 0.510. The first-order chi connectivity index (χ1) is 5.27. The van der Waals surface area contributed by atoms with Crippen LogP contribution in [0, 0.1) is 11.8 Å². The van der Waals surface area contributed by atoms with Gasteiger partial charge in [0.25, 0.3) is 0 Å². The minimum Gasteiger partial charge on any atom is -0.481 e. The van der Waals surface area contributed by atoms with Crippen LogP contribution in [0.15, 0.2) is 12.2 Å². The molecule has 0 bridgehead atoms. The zero-order chi connectivity index (χ0) is 8.53. The van der Waals surface area contributed by atoms with Gasteiger partial charge in [0, 0.05) is 12.8 Å². The normalized spacial score (nSPS) is 9.18. The van der Waals surface area contributed by atoms with E-state index < -0.39 is 5.97 Å². The van der Waals surface area contributed by atoms with Gasteiger partial charge in [-0.1, -0.05) is 24.8 Å². The second kappa shape index (κ2) is 6.88. The number of carboxylic acids is 1.